The highest BCUT2D eigenvalue weighted by molar-refractivity contribution is 9.10. The van der Waals surface area contributed by atoms with E-state index in [-0.39, 0.29) is 11.4 Å². The Bertz CT molecular complexity index is 484. The molecule has 0 spiro atoms. The second-order valence-electron chi connectivity index (χ2n) is 5.63. The number of amides is 1. The number of nitrogens with one attached hydrogen (secondary N) is 2. The minimum absolute atomic E-state index is 0.0361. The van der Waals surface area contributed by atoms with Crippen molar-refractivity contribution in [3.63, 3.8) is 0 Å². The summed E-state index contributed by atoms with van der Waals surface area (Å²) in [6.07, 6.45) is 8.04. The summed E-state index contributed by atoms with van der Waals surface area (Å²) in [6.45, 7) is 1.95. The zero-order valence-electron chi connectivity index (χ0n) is 12.1. The SMILES string of the molecule is CNC1(CC(=O)Nc2ncc(Br)cc2C)CCCCC1. The summed E-state index contributed by atoms with van der Waals surface area (Å²) < 4.78 is 0.923. The molecule has 2 N–H and O–H groups in total. The van der Waals surface area contributed by atoms with Crippen LogP contribution in [-0.2, 0) is 4.79 Å². The van der Waals surface area contributed by atoms with Crippen LogP contribution in [0.2, 0.25) is 0 Å². The van der Waals surface area contributed by atoms with Gasteiger partial charge in [0.1, 0.15) is 5.82 Å². The van der Waals surface area contributed by atoms with E-state index in [2.05, 4.69) is 31.5 Å². The number of anilines is 1. The molecule has 2 rings (SSSR count). The first kappa shape index (κ1) is 15.4. The third-order valence-electron chi connectivity index (χ3n) is 4.14. The first-order chi connectivity index (χ1) is 9.54. The molecule has 0 radical (unpaired) electrons. The molecule has 0 aromatic carbocycles. The maximum Gasteiger partial charge on any atom is 0.227 e. The minimum Gasteiger partial charge on any atom is -0.314 e. The van der Waals surface area contributed by atoms with E-state index in [0.717, 1.165) is 22.9 Å². The smallest absolute Gasteiger partial charge is 0.227 e. The zero-order chi connectivity index (χ0) is 14.6. The lowest BCUT2D eigenvalue weighted by Crippen LogP contribution is -2.47. The Morgan fingerprint density at radius 2 is 2.10 bits per heavy atom. The summed E-state index contributed by atoms with van der Waals surface area (Å²) in [5, 5.41) is 6.30. The van der Waals surface area contributed by atoms with Crippen LogP contribution in [-0.4, -0.2) is 23.5 Å². The summed E-state index contributed by atoms with van der Waals surface area (Å²) in [5.74, 6) is 0.694. The van der Waals surface area contributed by atoms with Gasteiger partial charge in [0.05, 0.1) is 0 Å². The molecule has 0 unspecified atom stereocenters. The highest BCUT2D eigenvalue weighted by atomic mass is 79.9. The van der Waals surface area contributed by atoms with E-state index >= 15 is 0 Å². The van der Waals surface area contributed by atoms with Gasteiger partial charge in [-0.2, -0.15) is 0 Å². The lowest BCUT2D eigenvalue weighted by Gasteiger charge is -2.36. The van der Waals surface area contributed by atoms with Crippen LogP contribution in [0.5, 0.6) is 0 Å². The molecule has 0 bridgehead atoms. The molecule has 5 heteroatoms. The van der Waals surface area contributed by atoms with Gasteiger partial charge in [-0.25, -0.2) is 4.98 Å². The van der Waals surface area contributed by atoms with E-state index in [0.29, 0.717) is 12.2 Å². The van der Waals surface area contributed by atoms with Crippen molar-refractivity contribution in [3.05, 3.63) is 22.3 Å². The summed E-state index contributed by atoms with van der Waals surface area (Å²) in [6, 6.07) is 1.96. The zero-order valence-corrected chi connectivity index (χ0v) is 13.7. The molecule has 1 aliphatic carbocycles. The first-order valence-corrected chi connectivity index (χ1v) is 7.95. The Labute approximate surface area is 128 Å². The maximum absolute atomic E-state index is 12.3. The number of aryl methyl sites for hydroxylation is 1. The average Bonchev–Trinajstić information content (AvgIpc) is 2.43. The van der Waals surface area contributed by atoms with Gasteiger partial charge in [0.2, 0.25) is 5.91 Å². The fourth-order valence-electron chi connectivity index (χ4n) is 2.90. The Balaban J connectivity index is 2.00. The molecule has 1 aromatic rings. The fourth-order valence-corrected chi connectivity index (χ4v) is 3.34. The largest absolute Gasteiger partial charge is 0.314 e. The van der Waals surface area contributed by atoms with E-state index in [9.17, 15) is 4.79 Å². The predicted molar refractivity (Wildman–Crippen MR) is 84.8 cm³/mol. The summed E-state index contributed by atoms with van der Waals surface area (Å²) in [4.78, 5) is 16.5. The van der Waals surface area contributed by atoms with E-state index in [1.807, 2.05) is 20.0 Å². The highest BCUT2D eigenvalue weighted by Crippen LogP contribution is 2.31. The lowest BCUT2D eigenvalue weighted by molar-refractivity contribution is -0.118. The van der Waals surface area contributed by atoms with Gasteiger partial charge in [-0.3, -0.25) is 4.79 Å². The van der Waals surface area contributed by atoms with Crippen LogP contribution in [0.3, 0.4) is 0 Å². The highest BCUT2D eigenvalue weighted by Gasteiger charge is 2.32. The molecule has 20 heavy (non-hydrogen) atoms. The number of hydrogen-bond donors (Lipinski definition) is 2. The molecule has 110 valence electrons. The second kappa shape index (κ2) is 6.68. The predicted octanol–water partition coefficient (Wildman–Crippen LogP) is 3.40. The maximum atomic E-state index is 12.3. The molecular weight excluding hydrogens is 318 g/mol. The van der Waals surface area contributed by atoms with Crippen LogP contribution in [0.15, 0.2) is 16.7 Å². The molecule has 1 heterocycles. The van der Waals surface area contributed by atoms with Crippen molar-refractivity contribution in [3.8, 4) is 0 Å². The summed E-state index contributed by atoms with van der Waals surface area (Å²) in [5.41, 5.74) is 0.931. The molecule has 1 fully saturated rings. The molecule has 1 amide bonds. The van der Waals surface area contributed by atoms with Crippen molar-refractivity contribution < 1.29 is 4.79 Å². The number of rotatable bonds is 4. The van der Waals surface area contributed by atoms with Gasteiger partial charge >= 0.3 is 0 Å². The van der Waals surface area contributed by atoms with Crippen LogP contribution in [0.25, 0.3) is 0 Å². The van der Waals surface area contributed by atoms with E-state index < -0.39 is 0 Å². The molecule has 4 nitrogen and oxygen atoms in total. The van der Waals surface area contributed by atoms with Gasteiger partial charge in [-0.05, 0) is 54.4 Å². The lowest BCUT2D eigenvalue weighted by atomic mass is 9.79. The topological polar surface area (TPSA) is 54.0 Å². The molecule has 0 saturated heterocycles. The van der Waals surface area contributed by atoms with Crippen LogP contribution < -0.4 is 10.6 Å². The van der Waals surface area contributed by atoms with Crippen molar-refractivity contribution in [2.24, 2.45) is 0 Å². The molecule has 0 atom stereocenters. The standard InChI is InChI=1S/C15H22BrN3O/c1-11-8-12(16)10-18-14(11)19-13(20)9-15(17-2)6-4-3-5-7-15/h8,10,17H,3-7,9H2,1-2H3,(H,18,19,20). The second-order valence-corrected chi connectivity index (χ2v) is 6.55. The molecule has 1 aliphatic rings. The number of pyridine rings is 1. The average molecular weight is 340 g/mol. The number of halogens is 1. The quantitative estimate of drug-likeness (QED) is 0.883. The van der Waals surface area contributed by atoms with Crippen molar-refractivity contribution >= 4 is 27.7 Å². The number of nitrogens with zero attached hydrogens (tertiary/aromatic N) is 1. The van der Waals surface area contributed by atoms with Gasteiger partial charge in [-0.1, -0.05) is 19.3 Å². The van der Waals surface area contributed by atoms with Crippen molar-refractivity contribution in [2.45, 2.75) is 51.0 Å². The fraction of sp³-hybridized carbons (Fsp3) is 0.600. The van der Waals surface area contributed by atoms with Gasteiger partial charge in [-0.15, -0.1) is 0 Å². The first-order valence-electron chi connectivity index (χ1n) is 7.16. The molecule has 1 saturated carbocycles. The molecule has 0 aliphatic heterocycles. The minimum atomic E-state index is -0.0361. The van der Waals surface area contributed by atoms with Crippen LogP contribution >= 0.6 is 15.9 Å². The number of hydrogen-bond acceptors (Lipinski definition) is 3. The Morgan fingerprint density at radius 1 is 1.40 bits per heavy atom. The summed E-state index contributed by atoms with van der Waals surface area (Å²) >= 11 is 3.38. The molecule has 1 aromatic heterocycles. The normalized spacial score (nSPS) is 17.8. The van der Waals surface area contributed by atoms with Gasteiger partial charge < -0.3 is 10.6 Å². The van der Waals surface area contributed by atoms with E-state index in [4.69, 9.17) is 0 Å². The monoisotopic (exact) mass is 339 g/mol. The van der Waals surface area contributed by atoms with Crippen LogP contribution in [0.1, 0.15) is 44.1 Å². The van der Waals surface area contributed by atoms with Crippen LogP contribution in [0.4, 0.5) is 5.82 Å². The van der Waals surface area contributed by atoms with Gasteiger partial charge in [0, 0.05) is 22.6 Å². The van der Waals surface area contributed by atoms with Crippen molar-refractivity contribution in [2.75, 3.05) is 12.4 Å². The third-order valence-corrected chi connectivity index (χ3v) is 4.58. The Kier molecular flexibility index (Phi) is 5.16. The Morgan fingerprint density at radius 3 is 2.70 bits per heavy atom. The Hall–Kier alpha value is -0.940. The molecular formula is C15H22BrN3O. The summed E-state index contributed by atoms with van der Waals surface area (Å²) in [7, 11) is 1.96. The van der Waals surface area contributed by atoms with Crippen LogP contribution in [0, 0.1) is 6.92 Å². The number of carbonyl (C=O) groups is 1. The number of carbonyl (C=O) groups excluding carboxylic acids is 1. The third kappa shape index (κ3) is 3.79. The van der Waals surface area contributed by atoms with Crippen molar-refractivity contribution in [1.29, 1.82) is 0 Å². The van der Waals surface area contributed by atoms with E-state index in [1.54, 1.807) is 6.20 Å². The van der Waals surface area contributed by atoms with Gasteiger partial charge in [0.15, 0.2) is 0 Å². The van der Waals surface area contributed by atoms with Crippen molar-refractivity contribution in [1.82, 2.24) is 10.3 Å². The van der Waals surface area contributed by atoms with E-state index in [1.165, 1.54) is 19.3 Å². The van der Waals surface area contributed by atoms with Gasteiger partial charge in [0.25, 0.3) is 0 Å². The number of aromatic nitrogens is 1.